The molecule has 2 aromatic carbocycles. The van der Waals surface area contributed by atoms with E-state index < -0.39 is 6.09 Å². The van der Waals surface area contributed by atoms with Crippen molar-refractivity contribution in [3.05, 3.63) is 48.0 Å². The van der Waals surface area contributed by atoms with Crippen LogP contribution in [0.25, 0.3) is 0 Å². The zero-order chi connectivity index (χ0) is 23.2. The zero-order valence-corrected chi connectivity index (χ0v) is 19.4. The number of benzene rings is 2. The molecule has 0 bridgehead atoms. The van der Waals surface area contributed by atoms with Gasteiger partial charge in [0.1, 0.15) is 6.10 Å². The van der Waals surface area contributed by atoms with Crippen molar-refractivity contribution in [1.82, 2.24) is 5.32 Å². The maximum atomic E-state index is 12.6. The lowest BCUT2D eigenvalue weighted by atomic mass is 10.1. The Balaban J connectivity index is 1.26. The van der Waals surface area contributed by atoms with Gasteiger partial charge in [0.2, 0.25) is 5.91 Å². The third-order valence-corrected chi connectivity index (χ3v) is 6.58. The van der Waals surface area contributed by atoms with Crippen LogP contribution in [0.1, 0.15) is 36.5 Å². The topological polar surface area (TPSA) is 99.8 Å². The highest BCUT2D eigenvalue weighted by Gasteiger charge is 2.32. The molecule has 3 N–H and O–H groups in total. The second-order valence-electron chi connectivity index (χ2n) is 8.00. The van der Waals surface area contributed by atoms with Crippen molar-refractivity contribution in [2.75, 3.05) is 40.9 Å². The standard InChI is InChI=1S/C24H28N4O4S/c1-2-11-25-19-8-4-3-7-18(19)23(30)26-12-5-6-17-14-28(24(31)32-17)16-9-10-21-20(13-16)27-22(29)15-33-21/h3-4,7-10,13,17,25H,2,5-6,11-12,14-15H2,1H3,(H,26,30)(H,27,29). The molecule has 2 heterocycles. The molecule has 2 aromatic rings. The van der Waals surface area contributed by atoms with Crippen LogP contribution in [0.5, 0.6) is 0 Å². The first kappa shape index (κ1) is 23.0. The Hall–Kier alpha value is -3.20. The van der Waals surface area contributed by atoms with Gasteiger partial charge in [0.15, 0.2) is 0 Å². The second kappa shape index (κ2) is 10.6. The molecule has 0 spiro atoms. The molecule has 1 fully saturated rings. The molecule has 174 valence electrons. The quantitative estimate of drug-likeness (QED) is 0.480. The maximum absolute atomic E-state index is 12.6. The third kappa shape index (κ3) is 5.60. The highest BCUT2D eigenvalue weighted by Crippen LogP contribution is 2.35. The molecule has 8 nitrogen and oxygen atoms in total. The number of rotatable bonds is 9. The highest BCUT2D eigenvalue weighted by molar-refractivity contribution is 8.00. The van der Waals surface area contributed by atoms with Gasteiger partial charge in [-0.1, -0.05) is 19.1 Å². The van der Waals surface area contributed by atoms with E-state index in [1.807, 2.05) is 42.5 Å². The maximum Gasteiger partial charge on any atom is 0.414 e. The van der Waals surface area contributed by atoms with E-state index in [-0.39, 0.29) is 17.9 Å². The van der Waals surface area contributed by atoms with Crippen molar-refractivity contribution >= 4 is 46.7 Å². The summed E-state index contributed by atoms with van der Waals surface area (Å²) in [6.07, 6.45) is 1.68. The summed E-state index contributed by atoms with van der Waals surface area (Å²) in [5.74, 6) is 0.239. The van der Waals surface area contributed by atoms with Gasteiger partial charge in [-0.15, -0.1) is 11.8 Å². The van der Waals surface area contributed by atoms with Gasteiger partial charge in [-0.25, -0.2) is 4.79 Å². The van der Waals surface area contributed by atoms with Crippen molar-refractivity contribution < 1.29 is 19.1 Å². The average molecular weight is 469 g/mol. The van der Waals surface area contributed by atoms with E-state index in [1.54, 1.807) is 4.90 Å². The average Bonchev–Trinajstić information content (AvgIpc) is 3.20. The molecule has 33 heavy (non-hydrogen) atoms. The highest BCUT2D eigenvalue weighted by atomic mass is 32.2. The summed E-state index contributed by atoms with van der Waals surface area (Å²) in [6, 6.07) is 13.1. The summed E-state index contributed by atoms with van der Waals surface area (Å²) >= 11 is 1.48. The normalized spacial score (nSPS) is 17.2. The summed E-state index contributed by atoms with van der Waals surface area (Å²) < 4.78 is 5.52. The van der Waals surface area contributed by atoms with E-state index in [0.29, 0.717) is 42.9 Å². The molecule has 1 saturated heterocycles. The molecule has 2 aliphatic rings. The summed E-state index contributed by atoms with van der Waals surface area (Å²) in [5.41, 5.74) is 2.88. The van der Waals surface area contributed by atoms with Gasteiger partial charge in [0.05, 0.1) is 23.5 Å². The van der Waals surface area contributed by atoms with Crippen LogP contribution in [0.15, 0.2) is 47.4 Å². The number of amides is 3. The summed E-state index contributed by atoms with van der Waals surface area (Å²) in [6.45, 7) is 3.83. The van der Waals surface area contributed by atoms with Crippen molar-refractivity contribution in [1.29, 1.82) is 0 Å². The number of hydrogen-bond donors (Lipinski definition) is 3. The van der Waals surface area contributed by atoms with Gasteiger partial charge < -0.3 is 20.7 Å². The lowest BCUT2D eigenvalue weighted by Gasteiger charge is -2.20. The number of nitrogens with one attached hydrogen (secondary N) is 3. The lowest BCUT2D eigenvalue weighted by molar-refractivity contribution is -0.113. The van der Waals surface area contributed by atoms with Crippen LogP contribution in [-0.4, -0.2) is 49.4 Å². The molecule has 0 radical (unpaired) electrons. The Labute approximate surface area is 197 Å². The number of hydrogen-bond acceptors (Lipinski definition) is 6. The minimum Gasteiger partial charge on any atom is -0.444 e. The van der Waals surface area contributed by atoms with Crippen molar-refractivity contribution in [2.24, 2.45) is 0 Å². The minimum absolute atomic E-state index is 0.0441. The van der Waals surface area contributed by atoms with Crippen LogP contribution in [0.2, 0.25) is 0 Å². The van der Waals surface area contributed by atoms with E-state index in [9.17, 15) is 14.4 Å². The number of carbonyl (C=O) groups excluding carboxylic acids is 3. The van der Waals surface area contributed by atoms with Crippen molar-refractivity contribution in [3.8, 4) is 0 Å². The molecule has 0 saturated carbocycles. The molecule has 3 amide bonds. The van der Waals surface area contributed by atoms with E-state index in [2.05, 4.69) is 22.9 Å². The SMILES string of the molecule is CCCNc1ccccc1C(=O)NCCCC1CN(c2ccc3c(c2)NC(=O)CS3)C(=O)O1. The number of carbonyl (C=O) groups is 3. The molecule has 1 unspecified atom stereocenters. The van der Waals surface area contributed by atoms with E-state index in [1.165, 1.54) is 11.8 Å². The smallest absolute Gasteiger partial charge is 0.414 e. The number of anilines is 3. The predicted molar refractivity (Wildman–Crippen MR) is 130 cm³/mol. The minimum atomic E-state index is -0.394. The fourth-order valence-corrected chi connectivity index (χ4v) is 4.63. The van der Waals surface area contributed by atoms with Crippen LogP contribution in [0, 0.1) is 0 Å². The monoisotopic (exact) mass is 468 g/mol. The van der Waals surface area contributed by atoms with E-state index >= 15 is 0 Å². The van der Waals surface area contributed by atoms with Gasteiger partial charge in [0.25, 0.3) is 5.91 Å². The van der Waals surface area contributed by atoms with Crippen LogP contribution < -0.4 is 20.9 Å². The first-order valence-corrected chi connectivity index (χ1v) is 12.2. The third-order valence-electron chi connectivity index (χ3n) is 5.51. The number of ether oxygens (including phenoxy) is 1. The van der Waals surface area contributed by atoms with Gasteiger partial charge in [-0.3, -0.25) is 14.5 Å². The summed E-state index contributed by atoms with van der Waals surface area (Å²) in [7, 11) is 0. The first-order chi connectivity index (χ1) is 16.0. The van der Waals surface area contributed by atoms with Gasteiger partial charge in [-0.2, -0.15) is 0 Å². The number of nitrogens with zero attached hydrogens (tertiary/aromatic N) is 1. The Morgan fingerprint density at radius 3 is 2.91 bits per heavy atom. The molecular weight excluding hydrogens is 440 g/mol. The fourth-order valence-electron chi connectivity index (χ4n) is 3.84. The second-order valence-corrected chi connectivity index (χ2v) is 9.02. The molecule has 1 atom stereocenters. The molecule has 0 aromatic heterocycles. The van der Waals surface area contributed by atoms with E-state index in [4.69, 9.17) is 4.74 Å². The number of para-hydroxylation sites is 1. The number of thioether (sulfide) groups is 1. The number of fused-ring (bicyclic) bond motifs is 1. The zero-order valence-electron chi connectivity index (χ0n) is 18.6. The molecule has 0 aliphatic carbocycles. The summed E-state index contributed by atoms with van der Waals surface area (Å²) in [4.78, 5) is 39.2. The lowest BCUT2D eigenvalue weighted by Crippen LogP contribution is -2.27. The van der Waals surface area contributed by atoms with Crippen LogP contribution in [0.4, 0.5) is 21.9 Å². The molecular formula is C24H28N4O4S. The molecule has 9 heteroatoms. The Morgan fingerprint density at radius 1 is 1.21 bits per heavy atom. The van der Waals surface area contributed by atoms with Crippen LogP contribution >= 0.6 is 11.8 Å². The Morgan fingerprint density at radius 2 is 2.06 bits per heavy atom. The summed E-state index contributed by atoms with van der Waals surface area (Å²) in [5, 5.41) is 9.08. The van der Waals surface area contributed by atoms with E-state index in [0.717, 1.165) is 29.2 Å². The Bertz CT molecular complexity index is 1040. The predicted octanol–water partition coefficient (Wildman–Crippen LogP) is 4.09. The first-order valence-electron chi connectivity index (χ1n) is 11.2. The Kier molecular flexibility index (Phi) is 7.39. The van der Waals surface area contributed by atoms with Gasteiger partial charge in [0, 0.05) is 29.4 Å². The molecule has 2 aliphatic heterocycles. The largest absolute Gasteiger partial charge is 0.444 e. The van der Waals surface area contributed by atoms with Crippen molar-refractivity contribution in [2.45, 2.75) is 37.2 Å². The van der Waals surface area contributed by atoms with Crippen molar-refractivity contribution in [3.63, 3.8) is 0 Å². The fraction of sp³-hybridized carbons (Fsp3) is 0.375. The number of cyclic esters (lactones) is 1. The van der Waals surface area contributed by atoms with Gasteiger partial charge in [-0.05, 0) is 49.6 Å². The van der Waals surface area contributed by atoms with Crippen LogP contribution in [0.3, 0.4) is 0 Å². The molecule has 4 rings (SSSR count). The van der Waals surface area contributed by atoms with Crippen LogP contribution in [-0.2, 0) is 9.53 Å². The van der Waals surface area contributed by atoms with Gasteiger partial charge >= 0.3 is 6.09 Å².